The molecule has 0 radical (unpaired) electrons. The Labute approximate surface area is 127 Å². The van der Waals surface area contributed by atoms with E-state index in [2.05, 4.69) is 10.6 Å². The van der Waals surface area contributed by atoms with E-state index in [1.807, 2.05) is 39.8 Å². The van der Waals surface area contributed by atoms with E-state index in [9.17, 15) is 9.59 Å². The van der Waals surface area contributed by atoms with Crippen LogP contribution in [-0.4, -0.2) is 24.4 Å². The van der Waals surface area contributed by atoms with Gasteiger partial charge in [0.05, 0.1) is 0 Å². The molecule has 0 bridgehead atoms. The molecule has 1 atom stereocenters. The van der Waals surface area contributed by atoms with Gasteiger partial charge in [0, 0.05) is 24.7 Å². The molecule has 0 saturated heterocycles. The van der Waals surface area contributed by atoms with E-state index in [-0.39, 0.29) is 23.8 Å². The number of amides is 2. The summed E-state index contributed by atoms with van der Waals surface area (Å²) in [6, 6.07) is -0.105. The topological polar surface area (TPSA) is 58.2 Å². The highest BCUT2D eigenvalue weighted by Gasteiger charge is 2.15. The summed E-state index contributed by atoms with van der Waals surface area (Å²) < 4.78 is 0. The van der Waals surface area contributed by atoms with Gasteiger partial charge in [-0.3, -0.25) is 9.59 Å². The van der Waals surface area contributed by atoms with Gasteiger partial charge in [-0.15, -0.1) is 0 Å². The van der Waals surface area contributed by atoms with Crippen molar-refractivity contribution in [1.29, 1.82) is 0 Å². The largest absolute Gasteiger partial charge is 0.350 e. The molecular weight excluding hydrogens is 264 g/mol. The van der Waals surface area contributed by atoms with Crippen LogP contribution in [0.1, 0.15) is 27.7 Å². The number of hydrogen-bond donors (Lipinski definition) is 2. The third-order valence-electron chi connectivity index (χ3n) is 2.73. The number of nitrogens with one attached hydrogen (secondary N) is 2. The Hall–Kier alpha value is -2.10. The molecule has 0 saturated carbocycles. The zero-order valence-corrected chi connectivity index (χ0v) is 13.3. The summed E-state index contributed by atoms with van der Waals surface area (Å²) in [5, 5.41) is 5.67. The Bertz CT molecular complexity index is 432. The smallest absolute Gasteiger partial charge is 0.244 e. The highest BCUT2D eigenvalue weighted by atomic mass is 16.2. The van der Waals surface area contributed by atoms with Crippen molar-refractivity contribution in [2.75, 3.05) is 6.54 Å². The molecule has 0 heterocycles. The number of carbonyl (C=O) groups excluding carboxylic acids is 2. The lowest BCUT2D eigenvalue weighted by molar-refractivity contribution is -0.119. The highest BCUT2D eigenvalue weighted by Crippen LogP contribution is 2.00. The van der Waals surface area contributed by atoms with Gasteiger partial charge in [-0.25, -0.2) is 0 Å². The van der Waals surface area contributed by atoms with Crippen molar-refractivity contribution < 1.29 is 9.59 Å². The molecule has 2 amide bonds. The summed E-state index contributed by atoms with van der Waals surface area (Å²) in [5.41, 5.74) is 0. The molecule has 116 valence electrons. The summed E-state index contributed by atoms with van der Waals surface area (Å²) in [5.74, 6) is -0.105. The molecule has 0 spiro atoms. The van der Waals surface area contributed by atoms with Crippen LogP contribution in [0, 0.1) is 5.92 Å². The Kier molecular flexibility index (Phi) is 10.5. The summed E-state index contributed by atoms with van der Waals surface area (Å²) in [7, 11) is 0. The molecule has 0 aliphatic rings. The fourth-order valence-electron chi connectivity index (χ4n) is 1.46. The van der Waals surface area contributed by atoms with Gasteiger partial charge in [0.1, 0.15) is 0 Å². The van der Waals surface area contributed by atoms with Crippen LogP contribution in [0.15, 0.2) is 48.6 Å². The fourth-order valence-corrected chi connectivity index (χ4v) is 1.46. The van der Waals surface area contributed by atoms with Crippen LogP contribution < -0.4 is 10.6 Å². The van der Waals surface area contributed by atoms with Crippen molar-refractivity contribution in [3.8, 4) is 0 Å². The fraction of sp³-hybridized carbons (Fsp3) is 0.412. The third-order valence-corrected chi connectivity index (χ3v) is 2.73. The summed E-state index contributed by atoms with van der Waals surface area (Å²) >= 11 is 0. The van der Waals surface area contributed by atoms with E-state index >= 15 is 0 Å². The maximum absolute atomic E-state index is 11.7. The van der Waals surface area contributed by atoms with Crippen LogP contribution in [0.25, 0.3) is 0 Å². The molecule has 0 aliphatic carbocycles. The van der Waals surface area contributed by atoms with Gasteiger partial charge in [-0.1, -0.05) is 50.3 Å². The first-order valence-electron chi connectivity index (χ1n) is 7.18. The molecule has 1 unspecified atom stereocenters. The van der Waals surface area contributed by atoms with Gasteiger partial charge < -0.3 is 10.6 Å². The van der Waals surface area contributed by atoms with Crippen LogP contribution in [0.2, 0.25) is 0 Å². The molecule has 4 nitrogen and oxygen atoms in total. The predicted molar refractivity (Wildman–Crippen MR) is 87.7 cm³/mol. The number of carbonyl (C=O) groups is 2. The number of hydrogen-bond acceptors (Lipinski definition) is 2. The zero-order chi connectivity index (χ0) is 16.1. The molecule has 4 heteroatoms. The van der Waals surface area contributed by atoms with Crippen molar-refractivity contribution >= 4 is 11.8 Å². The van der Waals surface area contributed by atoms with Gasteiger partial charge in [-0.2, -0.15) is 0 Å². The first-order chi connectivity index (χ1) is 10.0. The predicted octanol–water partition coefficient (Wildman–Crippen LogP) is 2.51. The van der Waals surface area contributed by atoms with Crippen molar-refractivity contribution in [3.63, 3.8) is 0 Å². The average Bonchev–Trinajstić information content (AvgIpc) is 2.43. The Balaban J connectivity index is 4.37. The van der Waals surface area contributed by atoms with E-state index in [4.69, 9.17) is 0 Å². The first kappa shape index (κ1) is 18.9. The van der Waals surface area contributed by atoms with Gasteiger partial charge in [0.2, 0.25) is 11.8 Å². The first-order valence-corrected chi connectivity index (χ1v) is 7.18. The van der Waals surface area contributed by atoms with E-state index in [1.54, 1.807) is 24.3 Å². The minimum atomic E-state index is -0.169. The van der Waals surface area contributed by atoms with E-state index in [0.29, 0.717) is 6.54 Å². The SMILES string of the molecule is CC=CC=CC(=O)NCC(NC(=O)C=CC=CC)C(C)C. The second-order valence-corrected chi connectivity index (χ2v) is 4.87. The van der Waals surface area contributed by atoms with Gasteiger partial charge >= 0.3 is 0 Å². The van der Waals surface area contributed by atoms with Gasteiger partial charge in [-0.05, 0) is 19.8 Å². The molecule has 0 aromatic rings. The molecule has 0 rings (SSSR count). The van der Waals surface area contributed by atoms with Crippen molar-refractivity contribution in [1.82, 2.24) is 10.6 Å². The van der Waals surface area contributed by atoms with Gasteiger partial charge in [0.15, 0.2) is 0 Å². The maximum atomic E-state index is 11.7. The molecule has 0 aromatic heterocycles. The molecule has 2 N–H and O–H groups in total. The van der Waals surface area contributed by atoms with Gasteiger partial charge in [0.25, 0.3) is 0 Å². The average molecular weight is 290 g/mol. The molecule has 0 aromatic carbocycles. The van der Waals surface area contributed by atoms with Crippen LogP contribution >= 0.6 is 0 Å². The quantitative estimate of drug-likeness (QED) is 0.533. The number of rotatable bonds is 8. The maximum Gasteiger partial charge on any atom is 0.244 e. The highest BCUT2D eigenvalue weighted by molar-refractivity contribution is 5.89. The Morgan fingerprint density at radius 3 is 1.90 bits per heavy atom. The lowest BCUT2D eigenvalue weighted by atomic mass is 10.0. The van der Waals surface area contributed by atoms with Crippen LogP contribution in [0.5, 0.6) is 0 Å². The van der Waals surface area contributed by atoms with Crippen molar-refractivity contribution in [2.24, 2.45) is 5.92 Å². The lowest BCUT2D eigenvalue weighted by Gasteiger charge is -2.21. The lowest BCUT2D eigenvalue weighted by Crippen LogP contribution is -2.45. The normalized spacial score (nSPS) is 13.8. The monoisotopic (exact) mass is 290 g/mol. The molecular formula is C17H26N2O2. The Morgan fingerprint density at radius 1 is 0.905 bits per heavy atom. The minimum Gasteiger partial charge on any atom is -0.350 e. The van der Waals surface area contributed by atoms with E-state index < -0.39 is 0 Å². The summed E-state index contributed by atoms with van der Waals surface area (Å²) in [6.07, 6.45) is 13.6. The van der Waals surface area contributed by atoms with E-state index in [0.717, 1.165) is 0 Å². The molecule has 0 aliphatic heterocycles. The second kappa shape index (κ2) is 11.7. The summed E-state index contributed by atoms with van der Waals surface area (Å²) in [4.78, 5) is 23.3. The van der Waals surface area contributed by atoms with Crippen LogP contribution in [0.4, 0.5) is 0 Å². The standard InChI is InChI=1S/C17H26N2O2/c1-5-7-9-11-16(20)18-13-15(14(3)4)19-17(21)12-10-8-6-2/h5-12,14-15H,13H2,1-4H3,(H,18,20)(H,19,21). The van der Waals surface area contributed by atoms with Crippen molar-refractivity contribution in [2.45, 2.75) is 33.7 Å². The van der Waals surface area contributed by atoms with E-state index in [1.165, 1.54) is 12.2 Å². The molecule has 21 heavy (non-hydrogen) atoms. The minimum absolute atomic E-state index is 0.105. The molecule has 0 fully saturated rings. The second-order valence-electron chi connectivity index (χ2n) is 4.87. The van der Waals surface area contributed by atoms with Crippen LogP contribution in [-0.2, 0) is 9.59 Å². The summed E-state index contributed by atoms with van der Waals surface area (Å²) in [6.45, 7) is 8.18. The number of allylic oxidation sites excluding steroid dienone is 6. The van der Waals surface area contributed by atoms with Crippen molar-refractivity contribution in [3.05, 3.63) is 48.6 Å². The Morgan fingerprint density at radius 2 is 1.43 bits per heavy atom. The third kappa shape index (κ3) is 10.4. The zero-order valence-electron chi connectivity index (χ0n) is 13.3. The van der Waals surface area contributed by atoms with Crippen LogP contribution in [0.3, 0.4) is 0 Å².